The zero-order chi connectivity index (χ0) is 16.1. The smallest absolute Gasteiger partial charge is 0.240 e. The molecule has 1 N–H and O–H groups in total. The molecule has 122 valence electrons. The lowest BCUT2D eigenvalue weighted by Gasteiger charge is -2.31. The molecule has 1 aliphatic rings. The van der Waals surface area contributed by atoms with Gasteiger partial charge in [0.2, 0.25) is 5.91 Å². The van der Waals surface area contributed by atoms with E-state index < -0.39 is 0 Å². The van der Waals surface area contributed by atoms with Crippen molar-refractivity contribution in [3.63, 3.8) is 0 Å². The van der Waals surface area contributed by atoms with Crippen LogP contribution in [0, 0.1) is 6.92 Å². The normalized spacial score (nSPS) is 16.2. The number of ether oxygens (including phenoxy) is 1. The van der Waals surface area contributed by atoms with Crippen LogP contribution in [0.3, 0.4) is 0 Å². The standard InChI is InChI=1S/C17H21N3O2S/c1-13-4-2-3-5-15(13)22-14-6-9-20(10-7-14)12-16(21)19-17-18-8-11-23-17/h2-5,8,11,14H,6-7,9-10,12H2,1H3,(H,18,19,21). The Morgan fingerprint density at radius 2 is 2.17 bits per heavy atom. The Balaban J connectivity index is 1.43. The van der Waals surface area contributed by atoms with Gasteiger partial charge in [0.15, 0.2) is 5.13 Å². The Labute approximate surface area is 140 Å². The summed E-state index contributed by atoms with van der Waals surface area (Å²) in [5.41, 5.74) is 1.16. The van der Waals surface area contributed by atoms with Gasteiger partial charge in [0.1, 0.15) is 11.9 Å². The van der Waals surface area contributed by atoms with E-state index in [1.807, 2.05) is 23.6 Å². The highest BCUT2D eigenvalue weighted by atomic mass is 32.1. The molecule has 0 saturated carbocycles. The number of aryl methyl sites for hydroxylation is 1. The fourth-order valence-electron chi connectivity index (χ4n) is 2.70. The summed E-state index contributed by atoms with van der Waals surface area (Å²) >= 11 is 1.43. The van der Waals surface area contributed by atoms with Crippen molar-refractivity contribution in [3.05, 3.63) is 41.4 Å². The minimum Gasteiger partial charge on any atom is -0.490 e. The summed E-state index contributed by atoms with van der Waals surface area (Å²) in [6.45, 7) is 4.23. The third-order valence-corrected chi connectivity index (χ3v) is 4.66. The highest BCUT2D eigenvalue weighted by Gasteiger charge is 2.22. The van der Waals surface area contributed by atoms with E-state index in [-0.39, 0.29) is 12.0 Å². The quantitative estimate of drug-likeness (QED) is 0.915. The lowest BCUT2D eigenvalue weighted by atomic mass is 10.1. The van der Waals surface area contributed by atoms with Crippen molar-refractivity contribution in [1.82, 2.24) is 9.88 Å². The summed E-state index contributed by atoms with van der Waals surface area (Å²) in [5.74, 6) is 0.964. The number of benzene rings is 1. The van der Waals surface area contributed by atoms with E-state index in [0.29, 0.717) is 11.7 Å². The van der Waals surface area contributed by atoms with Gasteiger partial charge in [-0.25, -0.2) is 4.98 Å². The van der Waals surface area contributed by atoms with Gasteiger partial charge in [-0.2, -0.15) is 0 Å². The number of para-hydroxylation sites is 1. The Hall–Kier alpha value is -1.92. The predicted octanol–water partition coefficient (Wildman–Crippen LogP) is 2.93. The summed E-state index contributed by atoms with van der Waals surface area (Å²) < 4.78 is 6.09. The fraction of sp³-hybridized carbons (Fsp3) is 0.412. The number of rotatable bonds is 5. The number of piperidine rings is 1. The Kier molecular flexibility index (Phi) is 5.25. The molecule has 1 amide bonds. The molecule has 0 bridgehead atoms. The van der Waals surface area contributed by atoms with Gasteiger partial charge in [-0.15, -0.1) is 11.3 Å². The van der Waals surface area contributed by atoms with Gasteiger partial charge in [-0.1, -0.05) is 18.2 Å². The van der Waals surface area contributed by atoms with Gasteiger partial charge >= 0.3 is 0 Å². The predicted molar refractivity (Wildman–Crippen MR) is 92.0 cm³/mol. The van der Waals surface area contributed by atoms with Crippen molar-refractivity contribution < 1.29 is 9.53 Å². The Morgan fingerprint density at radius 1 is 1.39 bits per heavy atom. The fourth-order valence-corrected chi connectivity index (χ4v) is 3.25. The number of anilines is 1. The first-order valence-corrected chi connectivity index (χ1v) is 8.72. The molecule has 0 atom stereocenters. The van der Waals surface area contributed by atoms with Gasteiger partial charge in [-0.3, -0.25) is 9.69 Å². The molecule has 6 heteroatoms. The highest BCUT2D eigenvalue weighted by molar-refractivity contribution is 7.13. The number of hydrogen-bond acceptors (Lipinski definition) is 5. The molecule has 1 fully saturated rings. The van der Waals surface area contributed by atoms with Crippen LogP contribution in [0.5, 0.6) is 5.75 Å². The maximum absolute atomic E-state index is 12.0. The molecule has 2 aromatic rings. The highest BCUT2D eigenvalue weighted by Crippen LogP contribution is 2.22. The average Bonchev–Trinajstić information content (AvgIpc) is 3.04. The average molecular weight is 331 g/mol. The number of carbonyl (C=O) groups excluding carboxylic acids is 1. The molecule has 0 radical (unpaired) electrons. The number of carbonyl (C=O) groups is 1. The lowest BCUT2D eigenvalue weighted by Crippen LogP contribution is -2.42. The molecule has 1 aromatic heterocycles. The van der Waals surface area contributed by atoms with Crippen LogP contribution >= 0.6 is 11.3 Å². The molecule has 23 heavy (non-hydrogen) atoms. The monoisotopic (exact) mass is 331 g/mol. The molecule has 1 aromatic carbocycles. The number of nitrogens with one attached hydrogen (secondary N) is 1. The lowest BCUT2D eigenvalue weighted by molar-refractivity contribution is -0.117. The van der Waals surface area contributed by atoms with Crippen LogP contribution in [0.2, 0.25) is 0 Å². The van der Waals surface area contributed by atoms with Crippen LogP contribution in [0.25, 0.3) is 0 Å². The third-order valence-electron chi connectivity index (χ3n) is 3.97. The minimum absolute atomic E-state index is 0.00165. The van der Waals surface area contributed by atoms with E-state index in [9.17, 15) is 4.79 Å². The molecule has 0 spiro atoms. The van der Waals surface area contributed by atoms with Gasteiger partial charge in [0.05, 0.1) is 6.54 Å². The van der Waals surface area contributed by atoms with Gasteiger partial charge in [0.25, 0.3) is 0 Å². The summed E-state index contributed by atoms with van der Waals surface area (Å²) in [6.07, 6.45) is 3.81. The Bertz CT molecular complexity index is 637. The maximum Gasteiger partial charge on any atom is 0.240 e. The second-order valence-corrected chi connectivity index (χ2v) is 6.64. The number of likely N-dealkylation sites (tertiary alicyclic amines) is 1. The molecule has 2 heterocycles. The molecular weight excluding hydrogens is 310 g/mol. The molecule has 0 aliphatic carbocycles. The number of thiazole rings is 1. The number of amides is 1. The van der Waals surface area contributed by atoms with Crippen LogP contribution in [0.4, 0.5) is 5.13 Å². The number of aromatic nitrogens is 1. The summed E-state index contributed by atoms with van der Waals surface area (Å²) in [5, 5.41) is 5.33. The first kappa shape index (κ1) is 16.0. The molecule has 0 unspecified atom stereocenters. The molecule has 3 rings (SSSR count). The van der Waals surface area contributed by atoms with E-state index in [1.54, 1.807) is 6.20 Å². The van der Waals surface area contributed by atoms with Crippen LogP contribution in [0.1, 0.15) is 18.4 Å². The summed E-state index contributed by atoms with van der Waals surface area (Å²) in [7, 11) is 0. The van der Waals surface area contributed by atoms with Crippen molar-refractivity contribution >= 4 is 22.4 Å². The van der Waals surface area contributed by atoms with E-state index in [1.165, 1.54) is 11.3 Å². The third kappa shape index (κ3) is 4.53. The van der Waals surface area contributed by atoms with Crippen molar-refractivity contribution in [1.29, 1.82) is 0 Å². The Morgan fingerprint density at radius 3 is 2.87 bits per heavy atom. The zero-order valence-corrected chi connectivity index (χ0v) is 14.0. The van der Waals surface area contributed by atoms with E-state index >= 15 is 0 Å². The van der Waals surface area contributed by atoms with Gasteiger partial charge < -0.3 is 10.1 Å². The topological polar surface area (TPSA) is 54.5 Å². The van der Waals surface area contributed by atoms with Crippen LogP contribution in [0.15, 0.2) is 35.8 Å². The van der Waals surface area contributed by atoms with Crippen LogP contribution < -0.4 is 10.1 Å². The van der Waals surface area contributed by atoms with Crippen LogP contribution in [-0.4, -0.2) is 41.5 Å². The summed E-state index contributed by atoms with van der Waals surface area (Å²) in [4.78, 5) is 18.2. The van der Waals surface area contributed by atoms with Crippen molar-refractivity contribution in [3.8, 4) is 5.75 Å². The van der Waals surface area contributed by atoms with Crippen molar-refractivity contribution in [2.24, 2.45) is 0 Å². The van der Waals surface area contributed by atoms with Crippen LogP contribution in [-0.2, 0) is 4.79 Å². The number of hydrogen-bond donors (Lipinski definition) is 1. The van der Waals surface area contributed by atoms with E-state index in [0.717, 1.165) is 37.2 Å². The second kappa shape index (κ2) is 7.57. The maximum atomic E-state index is 12.0. The van der Waals surface area contributed by atoms with Gasteiger partial charge in [-0.05, 0) is 31.4 Å². The molecule has 5 nitrogen and oxygen atoms in total. The van der Waals surface area contributed by atoms with E-state index in [2.05, 4.69) is 28.2 Å². The first-order valence-electron chi connectivity index (χ1n) is 7.84. The SMILES string of the molecule is Cc1ccccc1OC1CCN(CC(=O)Nc2nccs2)CC1. The zero-order valence-electron chi connectivity index (χ0n) is 13.2. The van der Waals surface area contributed by atoms with Crippen molar-refractivity contribution in [2.45, 2.75) is 25.9 Å². The first-order chi connectivity index (χ1) is 11.2. The van der Waals surface area contributed by atoms with Gasteiger partial charge in [0, 0.05) is 24.7 Å². The summed E-state index contributed by atoms with van der Waals surface area (Å²) in [6, 6.07) is 8.10. The molecular formula is C17H21N3O2S. The van der Waals surface area contributed by atoms with Crippen molar-refractivity contribution in [2.75, 3.05) is 25.0 Å². The second-order valence-electron chi connectivity index (χ2n) is 5.74. The molecule has 1 saturated heterocycles. The largest absolute Gasteiger partial charge is 0.490 e. The van der Waals surface area contributed by atoms with E-state index in [4.69, 9.17) is 4.74 Å². The molecule has 1 aliphatic heterocycles. The number of nitrogens with zero attached hydrogens (tertiary/aromatic N) is 2. The minimum atomic E-state index is -0.00165.